The van der Waals surface area contributed by atoms with Gasteiger partial charge in [0.2, 0.25) is 0 Å². The average molecular weight is 621 g/mol. The van der Waals surface area contributed by atoms with Crippen molar-refractivity contribution in [2.24, 2.45) is 0 Å². The molecule has 0 fully saturated rings. The van der Waals surface area contributed by atoms with Crippen LogP contribution < -0.4 is 0 Å². The zero-order valence-corrected chi connectivity index (χ0v) is 25.8. The van der Waals surface area contributed by atoms with Gasteiger partial charge in [0, 0.05) is 20.2 Å². The van der Waals surface area contributed by atoms with Crippen molar-refractivity contribution in [2.75, 3.05) is 0 Å². The van der Waals surface area contributed by atoms with Gasteiger partial charge in [-0.2, -0.15) is 0 Å². The molecule has 10 aromatic rings. The number of rotatable bonds is 3. The highest BCUT2D eigenvalue weighted by Gasteiger charge is 2.18. The van der Waals surface area contributed by atoms with Crippen LogP contribution >= 0.6 is 11.3 Å². The predicted octanol–water partition coefficient (Wildman–Crippen LogP) is 13.7. The highest BCUT2D eigenvalue weighted by Crippen LogP contribution is 2.46. The molecule has 0 nitrogen and oxygen atoms in total. The fourth-order valence-electron chi connectivity index (χ4n) is 7.11. The first-order valence-electron chi connectivity index (χ1n) is 19.5. The van der Waals surface area contributed by atoms with Crippen molar-refractivity contribution >= 4 is 74.6 Å². The Kier molecular flexibility index (Phi) is 4.35. The van der Waals surface area contributed by atoms with Crippen molar-refractivity contribution < 1.29 is 11.0 Å². The molecule has 0 spiro atoms. The normalized spacial score (nSPS) is 14.2. The number of hydrogen-bond donors (Lipinski definition) is 0. The maximum absolute atomic E-state index is 9.37. The molecule has 0 radical (unpaired) electrons. The van der Waals surface area contributed by atoms with E-state index < -0.39 is 24.2 Å². The van der Waals surface area contributed by atoms with Gasteiger partial charge in [0.25, 0.3) is 0 Å². The molecule has 10 rings (SSSR count). The van der Waals surface area contributed by atoms with Crippen LogP contribution in [0.5, 0.6) is 0 Å². The van der Waals surface area contributed by atoms with E-state index in [-0.39, 0.29) is 45.7 Å². The standard InChI is InChI=1S/C46H28S/c1-2-12-33-28-44-42(26-32(33)11-1)41-27-34(24-25-43(41)47-44)46-39-17-7-5-15-37(39)45(38-16-6-8-18-40(38)46)31-22-20-30(21-23-31)36-19-9-13-29-10-3-4-14-35(29)36/h1-28H/i5D,6D,7D,8D,15D,16D,17D,18D. The fraction of sp³-hybridized carbons (Fsp3) is 0. The lowest BCUT2D eigenvalue weighted by Gasteiger charge is -2.18. The molecule has 218 valence electrons. The van der Waals surface area contributed by atoms with Gasteiger partial charge in [0.15, 0.2) is 0 Å². The first kappa shape index (κ1) is 19.7. The molecule has 0 aliphatic rings. The Morgan fingerprint density at radius 2 is 0.894 bits per heavy atom. The Hall–Kier alpha value is -5.76. The van der Waals surface area contributed by atoms with Crippen LogP contribution in [-0.2, 0) is 0 Å². The second-order valence-corrected chi connectivity index (χ2v) is 12.9. The van der Waals surface area contributed by atoms with Gasteiger partial charge in [0.1, 0.15) is 0 Å². The van der Waals surface area contributed by atoms with Gasteiger partial charge in [-0.3, -0.25) is 0 Å². The summed E-state index contributed by atoms with van der Waals surface area (Å²) in [6.45, 7) is 0. The monoisotopic (exact) mass is 620 g/mol. The Labute approximate surface area is 288 Å². The van der Waals surface area contributed by atoms with Crippen LogP contribution in [0, 0.1) is 0 Å². The number of fused-ring (bicyclic) bond motifs is 7. The van der Waals surface area contributed by atoms with E-state index in [4.69, 9.17) is 5.48 Å². The van der Waals surface area contributed by atoms with Crippen LogP contribution in [0.4, 0.5) is 0 Å². The Balaban J connectivity index is 1.33. The summed E-state index contributed by atoms with van der Waals surface area (Å²) < 4.78 is 74.8. The van der Waals surface area contributed by atoms with Crippen molar-refractivity contribution in [1.29, 1.82) is 0 Å². The molecule has 0 saturated heterocycles. The molecule has 0 aliphatic carbocycles. The van der Waals surface area contributed by atoms with E-state index in [1.165, 1.54) is 0 Å². The molecule has 0 aliphatic heterocycles. The maximum Gasteiger partial charge on any atom is 0.0629 e. The molecule has 0 bridgehead atoms. The molecule has 1 aromatic heterocycles. The minimum atomic E-state index is -0.413. The van der Waals surface area contributed by atoms with Crippen molar-refractivity contribution in [3.05, 3.63) is 170 Å². The number of hydrogen-bond acceptors (Lipinski definition) is 1. The summed E-state index contributed by atoms with van der Waals surface area (Å²) in [5.74, 6) is 0. The quantitative estimate of drug-likeness (QED) is 0.172. The maximum atomic E-state index is 9.37. The van der Waals surface area contributed by atoms with Crippen molar-refractivity contribution in [3.8, 4) is 33.4 Å². The molecule has 0 unspecified atom stereocenters. The van der Waals surface area contributed by atoms with Crippen molar-refractivity contribution in [2.45, 2.75) is 0 Å². The van der Waals surface area contributed by atoms with Gasteiger partial charge >= 0.3 is 0 Å². The van der Waals surface area contributed by atoms with Crippen LogP contribution in [0.25, 0.3) is 96.6 Å². The molecule has 0 N–H and O–H groups in total. The number of thiophene rings is 1. The molecule has 47 heavy (non-hydrogen) atoms. The van der Waals surface area contributed by atoms with E-state index in [1.807, 2.05) is 72.8 Å². The van der Waals surface area contributed by atoms with Crippen LogP contribution in [0.15, 0.2) is 170 Å². The molecule has 9 aromatic carbocycles. The Morgan fingerprint density at radius 3 is 1.60 bits per heavy atom. The molecule has 0 atom stereocenters. The zero-order valence-electron chi connectivity index (χ0n) is 33.0. The summed E-state index contributed by atoms with van der Waals surface area (Å²) in [4.78, 5) is 0. The fourth-order valence-corrected chi connectivity index (χ4v) is 8.23. The summed E-state index contributed by atoms with van der Waals surface area (Å²) in [5, 5.41) is 7.24. The van der Waals surface area contributed by atoms with E-state index in [0.717, 1.165) is 52.8 Å². The van der Waals surface area contributed by atoms with E-state index in [0.29, 0.717) is 22.3 Å². The predicted molar refractivity (Wildman–Crippen MR) is 206 cm³/mol. The van der Waals surface area contributed by atoms with Gasteiger partial charge in [0.05, 0.1) is 11.0 Å². The zero-order chi connectivity index (χ0) is 37.9. The van der Waals surface area contributed by atoms with Crippen LogP contribution in [-0.4, -0.2) is 0 Å². The van der Waals surface area contributed by atoms with E-state index in [2.05, 4.69) is 48.5 Å². The lowest BCUT2D eigenvalue weighted by atomic mass is 9.85. The minimum Gasteiger partial charge on any atom is -0.135 e. The lowest BCUT2D eigenvalue weighted by molar-refractivity contribution is 1.63. The smallest absolute Gasteiger partial charge is 0.0629 e. The van der Waals surface area contributed by atoms with Gasteiger partial charge in [-0.15, -0.1) is 11.3 Å². The SMILES string of the molecule is [2H]c1c([2H])c([2H])c2c(-c3ccc4sc5cc6ccccc6cc5c4c3)c3c([2H])c([2H])c([2H])c([2H])c3c(-c3ccc(-c4cccc5ccccc45)cc3)c2c1[2H]. The third kappa shape index (κ3) is 4.14. The van der Waals surface area contributed by atoms with Gasteiger partial charge in [-0.25, -0.2) is 0 Å². The second kappa shape index (κ2) is 10.4. The molecule has 1 heterocycles. The first-order chi connectivity index (χ1) is 26.6. The molecule has 1 heteroatoms. The highest BCUT2D eigenvalue weighted by atomic mass is 32.1. The van der Waals surface area contributed by atoms with E-state index >= 15 is 0 Å². The third-order valence-corrected chi connectivity index (χ3v) is 10.4. The first-order valence-corrected chi connectivity index (χ1v) is 16.3. The Bertz CT molecular complexity index is 3210. The summed E-state index contributed by atoms with van der Waals surface area (Å²) >= 11 is 1.66. The Morgan fingerprint density at radius 1 is 0.362 bits per heavy atom. The third-order valence-electron chi connectivity index (χ3n) is 9.28. The van der Waals surface area contributed by atoms with Crippen molar-refractivity contribution in [1.82, 2.24) is 0 Å². The summed E-state index contributed by atoms with van der Waals surface area (Å²) in [7, 11) is 0. The molecular formula is C46H28S. The van der Waals surface area contributed by atoms with E-state index in [1.54, 1.807) is 11.3 Å². The lowest BCUT2D eigenvalue weighted by Crippen LogP contribution is -1.91. The topological polar surface area (TPSA) is 0 Å². The van der Waals surface area contributed by atoms with E-state index in [9.17, 15) is 5.48 Å². The van der Waals surface area contributed by atoms with Gasteiger partial charge in [-0.05, 0) is 101 Å². The highest BCUT2D eigenvalue weighted by molar-refractivity contribution is 7.25. The van der Waals surface area contributed by atoms with Gasteiger partial charge in [-0.1, -0.05) is 145 Å². The average Bonchev–Trinajstić information content (AvgIpc) is 3.57. The second-order valence-electron chi connectivity index (χ2n) is 11.9. The van der Waals surface area contributed by atoms with Gasteiger partial charge < -0.3 is 0 Å². The van der Waals surface area contributed by atoms with Crippen LogP contribution in [0.3, 0.4) is 0 Å². The largest absolute Gasteiger partial charge is 0.135 e. The van der Waals surface area contributed by atoms with Crippen LogP contribution in [0.1, 0.15) is 11.0 Å². The van der Waals surface area contributed by atoms with Crippen molar-refractivity contribution in [3.63, 3.8) is 0 Å². The van der Waals surface area contributed by atoms with Crippen LogP contribution in [0.2, 0.25) is 0 Å². The summed E-state index contributed by atoms with van der Waals surface area (Å²) in [6.07, 6.45) is 0. The summed E-state index contributed by atoms with van der Waals surface area (Å²) in [5.41, 5.74) is 3.84. The molecule has 0 saturated carbocycles. The minimum absolute atomic E-state index is 0.206. The summed E-state index contributed by atoms with van der Waals surface area (Å²) in [6, 6.07) is 37.6. The number of benzene rings is 9. The molecular weight excluding hydrogens is 585 g/mol. The molecule has 0 amide bonds.